The molecular formula is C27H29ClN2O4S. The summed E-state index contributed by atoms with van der Waals surface area (Å²) in [5.74, 6) is 0.121. The van der Waals surface area contributed by atoms with Crippen molar-refractivity contribution >= 4 is 46.0 Å². The van der Waals surface area contributed by atoms with Gasteiger partial charge >= 0.3 is 5.97 Å². The number of pyridine rings is 1. The molecule has 184 valence electrons. The first-order valence-electron chi connectivity index (χ1n) is 11.7. The number of benzene rings is 2. The van der Waals surface area contributed by atoms with Crippen LogP contribution >= 0.6 is 23.4 Å². The van der Waals surface area contributed by atoms with E-state index >= 15 is 0 Å². The van der Waals surface area contributed by atoms with Crippen molar-refractivity contribution in [3.8, 4) is 5.75 Å². The van der Waals surface area contributed by atoms with Gasteiger partial charge in [0.25, 0.3) is 0 Å². The Morgan fingerprint density at radius 3 is 2.77 bits per heavy atom. The number of carboxylic acid groups (broad SMARTS) is 1. The van der Waals surface area contributed by atoms with Crippen LogP contribution in [0.3, 0.4) is 0 Å². The number of aromatic nitrogens is 1. The second kappa shape index (κ2) is 11.9. The van der Waals surface area contributed by atoms with Crippen molar-refractivity contribution < 1.29 is 19.4 Å². The van der Waals surface area contributed by atoms with Crippen molar-refractivity contribution in [2.24, 2.45) is 11.8 Å². The zero-order chi connectivity index (χ0) is 24.8. The third kappa shape index (κ3) is 6.34. The second-order valence-corrected chi connectivity index (χ2v) is 10.4. The quantitative estimate of drug-likeness (QED) is 0.276. The molecule has 3 aromatic rings. The summed E-state index contributed by atoms with van der Waals surface area (Å²) in [4.78, 5) is 33.0. The van der Waals surface area contributed by atoms with E-state index in [1.165, 1.54) is 11.1 Å². The van der Waals surface area contributed by atoms with Crippen LogP contribution in [0.5, 0.6) is 5.75 Å². The predicted octanol–water partition coefficient (Wildman–Crippen LogP) is 5.67. The number of fused-ring (bicyclic) bond motifs is 1. The van der Waals surface area contributed by atoms with Crippen molar-refractivity contribution in [2.45, 2.75) is 24.2 Å². The molecule has 0 aliphatic carbocycles. The summed E-state index contributed by atoms with van der Waals surface area (Å²) in [6, 6.07) is 15.6. The number of hydrogen-bond acceptors (Lipinski definition) is 6. The molecule has 2 aromatic carbocycles. The maximum atomic E-state index is 13.2. The summed E-state index contributed by atoms with van der Waals surface area (Å²) in [5, 5.41) is 10.9. The van der Waals surface area contributed by atoms with Gasteiger partial charge in [-0.1, -0.05) is 29.8 Å². The van der Waals surface area contributed by atoms with Gasteiger partial charge in [0, 0.05) is 47.3 Å². The average molecular weight is 513 g/mol. The van der Waals surface area contributed by atoms with Crippen LogP contribution in [0.2, 0.25) is 5.02 Å². The Labute approximate surface area is 214 Å². The van der Waals surface area contributed by atoms with E-state index in [4.69, 9.17) is 16.3 Å². The van der Waals surface area contributed by atoms with Gasteiger partial charge in [-0.25, -0.2) is 0 Å². The molecule has 1 N–H and O–H groups in total. The maximum Gasteiger partial charge on any atom is 0.308 e. The molecule has 1 saturated heterocycles. The van der Waals surface area contributed by atoms with Crippen LogP contribution in [0.1, 0.15) is 29.6 Å². The average Bonchev–Trinajstić information content (AvgIpc) is 2.87. The number of ketones is 1. The molecule has 1 aromatic heterocycles. The van der Waals surface area contributed by atoms with Gasteiger partial charge < -0.3 is 14.7 Å². The van der Waals surface area contributed by atoms with Crippen LogP contribution in [-0.2, 0) is 4.79 Å². The lowest BCUT2D eigenvalue weighted by Crippen LogP contribution is -2.44. The zero-order valence-corrected chi connectivity index (χ0v) is 21.2. The minimum atomic E-state index is -0.792. The van der Waals surface area contributed by atoms with Gasteiger partial charge in [-0.2, -0.15) is 0 Å². The number of hydrogen-bond donors (Lipinski definition) is 1. The fourth-order valence-corrected chi connectivity index (χ4v) is 5.90. The Hall–Kier alpha value is -2.61. The number of nitrogens with zero attached hydrogens (tertiary/aromatic N) is 2. The van der Waals surface area contributed by atoms with Gasteiger partial charge in [0.1, 0.15) is 5.75 Å². The number of aliphatic carboxylic acids is 1. The van der Waals surface area contributed by atoms with Gasteiger partial charge in [-0.15, -0.1) is 11.8 Å². The van der Waals surface area contributed by atoms with Crippen molar-refractivity contribution in [3.05, 3.63) is 65.3 Å². The molecule has 1 aliphatic rings. The maximum absolute atomic E-state index is 13.2. The Balaban J connectivity index is 1.37. The van der Waals surface area contributed by atoms with Crippen molar-refractivity contribution in [2.75, 3.05) is 32.5 Å². The number of rotatable bonds is 10. The number of methoxy groups -OCH3 is 1. The van der Waals surface area contributed by atoms with E-state index in [-0.39, 0.29) is 18.1 Å². The smallest absolute Gasteiger partial charge is 0.308 e. The highest BCUT2D eigenvalue weighted by Crippen LogP contribution is 2.32. The van der Waals surface area contributed by atoms with Crippen LogP contribution < -0.4 is 4.74 Å². The SMILES string of the molecule is COc1ccc2ncc(Cl)c(C(=O)CCC3CCN(CCSc4ccccc4)CC3C(=O)O)c2c1. The molecule has 1 fully saturated rings. The van der Waals surface area contributed by atoms with Crippen LogP contribution in [0.15, 0.2) is 59.6 Å². The minimum absolute atomic E-state index is 0.0455. The lowest BCUT2D eigenvalue weighted by Gasteiger charge is -2.36. The highest BCUT2D eigenvalue weighted by Gasteiger charge is 2.34. The summed E-state index contributed by atoms with van der Waals surface area (Å²) in [5.41, 5.74) is 1.10. The van der Waals surface area contributed by atoms with Gasteiger partial charge in [0.2, 0.25) is 0 Å². The molecule has 8 heteroatoms. The normalized spacial score (nSPS) is 18.5. The number of piperidine rings is 1. The fraction of sp³-hybridized carbons (Fsp3) is 0.370. The van der Waals surface area contributed by atoms with Gasteiger partial charge in [-0.3, -0.25) is 14.6 Å². The predicted molar refractivity (Wildman–Crippen MR) is 140 cm³/mol. The summed E-state index contributed by atoms with van der Waals surface area (Å²) < 4.78 is 5.30. The molecule has 35 heavy (non-hydrogen) atoms. The van der Waals surface area contributed by atoms with Crippen molar-refractivity contribution in [1.29, 1.82) is 0 Å². The lowest BCUT2D eigenvalue weighted by atomic mass is 9.81. The molecule has 1 aliphatic heterocycles. The number of ether oxygens (including phenoxy) is 1. The van der Waals surface area contributed by atoms with Crippen LogP contribution in [0, 0.1) is 11.8 Å². The first-order chi connectivity index (χ1) is 17.0. The molecule has 4 rings (SSSR count). The summed E-state index contributed by atoms with van der Waals surface area (Å²) in [6.45, 7) is 2.20. The number of thioether (sulfide) groups is 1. The van der Waals surface area contributed by atoms with Crippen LogP contribution in [0.25, 0.3) is 10.9 Å². The number of carbonyl (C=O) groups is 2. The molecule has 0 bridgehead atoms. The van der Waals surface area contributed by atoms with Gasteiger partial charge in [-0.05, 0) is 55.6 Å². The number of likely N-dealkylation sites (tertiary alicyclic amines) is 1. The highest BCUT2D eigenvalue weighted by atomic mass is 35.5. The molecule has 0 amide bonds. The molecule has 0 saturated carbocycles. The summed E-state index contributed by atoms with van der Waals surface area (Å²) in [7, 11) is 1.57. The first kappa shape index (κ1) is 25.5. The third-order valence-electron chi connectivity index (χ3n) is 6.63. The number of halogens is 1. The van der Waals surface area contributed by atoms with Gasteiger partial charge in [0.15, 0.2) is 5.78 Å². The fourth-order valence-electron chi connectivity index (χ4n) is 4.71. The lowest BCUT2D eigenvalue weighted by molar-refractivity contribution is -0.146. The largest absolute Gasteiger partial charge is 0.497 e. The highest BCUT2D eigenvalue weighted by molar-refractivity contribution is 7.99. The molecule has 2 unspecified atom stereocenters. The molecular weight excluding hydrogens is 484 g/mol. The Bertz CT molecular complexity index is 1190. The molecule has 0 spiro atoms. The molecule has 2 atom stereocenters. The monoisotopic (exact) mass is 512 g/mol. The first-order valence-corrected chi connectivity index (χ1v) is 13.1. The number of carbonyl (C=O) groups excluding carboxylic acids is 1. The van der Waals surface area contributed by atoms with E-state index in [1.807, 2.05) is 18.2 Å². The van der Waals surface area contributed by atoms with E-state index in [0.717, 1.165) is 25.3 Å². The Kier molecular flexibility index (Phi) is 8.65. The van der Waals surface area contributed by atoms with Crippen molar-refractivity contribution in [1.82, 2.24) is 9.88 Å². The van der Waals surface area contributed by atoms with E-state index in [1.54, 1.807) is 37.1 Å². The molecule has 0 radical (unpaired) electrons. The zero-order valence-electron chi connectivity index (χ0n) is 19.7. The standard InChI is InChI=1S/C27H29ClN2O4S/c1-34-19-8-9-24-21(15-19)26(23(28)16-29-24)25(31)10-7-18-11-12-30(17-22(18)27(32)33)13-14-35-20-5-3-2-4-6-20/h2-6,8-9,15-16,18,22H,7,10-14,17H2,1H3,(H,32,33). The summed E-state index contributed by atoms with van der Waals surface area (Å²) >= 11 is 8.16. The van der Waals surface area contributed by atoms with Gasteiger partial charge in [0.05, 0.1) is 23.6 Å². The Morgan fingerprint density at radius 2 is 2.03 bits per heavy atom. The summed E-state index contributed by atoms with van der Waals surface area (Å²) in [6.07, 6.45) is 3.02. The van der Waals surface area contributed by atoms with Crippen LogP contribution in [-0.4, -0.2) is 59.2 Å². The van der Waals surface area contributed by atoms with Crippen LogP contribution in [0.4, 0.5) is 0 Å². The van der Waals surface area contributed by atoms with Crippen molar-refractivity contribution in [3.63, 3.8) is 0 Å². The van der Waals surface area contributed by atoms with E-state index in [9.17, 15) is 14.7 Å². The number of Topliss-reactive ketones (excluding diaryl/α,β-unsaturated/α-hetero) is 1. The number of carboxylic acids is 1. The van der Waals surface area contributed by atoms with E-state index in [2.05, 4.69) is 22.0 Å². The molecule has 2 heterocycles. The minimum Gasteiger partial charge on any atom is -0.497 e. The third-order valence-corrected chi connectivity index (χ3v) is 7.91. The Morgan fingerprint density at radius 1 is 1.23 bits per heavy atom. The van der Waals surface area contributed by atoms with E-state index < -0.39 is 11.9 Å². The van der Waals surface area contributed by atoms with E-state index in [0.29, 0.717) is 40.2 Å². The topological polar surface area (TPSA) is 79.7 Å². The second-order valence-electron chi connectivity index (χ2n) is 8.78. The molecule has 6 nitrogen and oxygen atoms in total.